The summed E-state index contributed by atoms with van der Waals surface area (Å²) in [5, 5.41) is 2.83. The normalized spacial score (nSPS) is 15.1. The fraction of sp³-hybridized carbons (Fsp3) is 0.455. The highest BCUT2D eigenvalue weighted by molar-refractivity contribution is 5.95. The Labute approximate surface area is 178 Å². The molecular weight excluding hydrogens is 411 g/mol. The van der Waals surface area contributed by atoms with Crippen LogP contribution >= 0.6 is 0 Å². The summed E-state index contributed by atoms with van der Waals surface area (Å²) in [7, 11) is 0. The first-order valence-electron chi connectivity index (χ1n) is 10.1. The number of amides is 1. The van der Waals surface area contributed by atoms with Crippen molar-refractivity contribution in [2.45, 2.75) is 51.7 Å². The topological polar surface area (TPSA) is 81.2 Å². The van der Waals surface area contributed by atoms with E-state index in [9.17, 15) is 22.8 Å². The largest absolute Gasteiger partial charge is 0.468 e. The zero-order chi connectivity index (χ0) is 22.6. The SMILES string of the molecule is Cc1cc(C(=O)NC(C)c2ccc(OCC(F)(F)F)nc2)cc(CC(=O)C2CCC2)n1. The van der Waals surface area contributed by atoms with Gasteiger partial charge in [0, 0.05) is 41.6 Å². The highest BCUT2D eigenvalue weighted by atomic mass is 19.4. The van der Waals surface area contributed by atoms with Crippen molar-refractivity contribution >= 4 is 11.7 Å². The Morgan fingerprint density at radius 2 is 2.00 bits per heavy atom. The number of ketones is 1. The first kappa shape index (κ1) is 22.7. The van der Waals surface area contributed by atoms with Crippen LogP contribution in [0.25, 0.3) is 0 Å². The van der Waals surface area contributed by atoms with E-state index >= 15 is 0 Å². The maximum Gasteiger partial charge on any atom is 0.422 e. The molecule has 1 atom stereocenters. The van der Waals surface area contributed by atoms with Gasteiger partial charge in [0.2, 0.25) is 5.88 Å². The third kappa shape index (κ3) is 6.50. The fourth-order valence-corrected chi connectivity index (χ4v) is 3.26. The van der Waals surface area contributed by atoms with Gasteiger partial charge in [-0.05, 0) is 44.4 Å². The monoisotopic (exact) mass is 435 g/mol. The van der Waals surface area contributed by atoms with Gasteiger partial charge >= 0.3 is 6.18 Å². The van der Waals surface area contributed by atoms with E-state index in [2.05, 4.69) is 20.0 Å². The molecule has 31 heavy (non-hydrogen) atoms. The van der Waals surface area contributed by atoms with Gasteiger partial charge in [0.05, 0.1) is 6.04 Å². The average Bonchev–Trinajstić information content (AvgIpc) is 2.64. The highest BCUT2D eigenvalue weighted by Gasteiger charge is 2.28. The van der Waals surface area contributed by atoms with Crippen LogP contribution in [0.3, 0.4) is 0 Å². The van der Waals surface area contributed by atoms with Gasteiger partial charge in [0.25, 0.3) is 5.91 Å². The molecule has 9 heteroatoms. The number of carbonyl (C=O) groups is 2. The van der Waals surface area contributed by atoms with Gasteiger partial charge in [-0.3, -0.25) is 14.6 Å². The fourth-order valence-electron chi connectivity index (χ4n) is 3.26. The van der Waals surface area contributed by atoms with Crippen molar-refractivity contribution in [2.24, 2.45) is 5.92 Å². The number of nitrogens with zero attached hydrogens (tertiary/aromatic N) is 2. The molecule has 2 heterocycles. The van der Waals surface area contributed by atoms with E-state index in [4.69, 9.17) is 0 Å². The molecule has 1 amide bonds. The molecule has 0 radical (unpaired) electrons. The minimum atomic E-state index is -4.44. The molecule has 0 aliphatic heterocycles. The number of hydrogen-bond donors (Lipinski definition) is 1. The summed E-state index contributed by atoms with van der Waals surface area (Å²) in [6.45, 7) is 2.08. The molecule has 1 aliphatic rings. The molecule has 1 saturated carbocycles. The third-order valence-electron chi connectivity index (χ3n) is 5.18. The number of Topliss-reactive ketones (excluding diaryl/α,β-unsaturated/α-hetero) is 1. The first-order chi connectivity index (χ1) is 14.6. The van der Waals surface area contributed by atoms with Crippen molar-refractivity contribution in [3.8, 4) is 5.88 Å². The lowest BCUT2D eigenvalue weighted by molar-refractivity contribution is -0.154. The Morgan fingerprint density at radius 3 is 2.58 bits per heavy atom. The molecule has 1 N–H and O–H groups in total. The Morgan fingerprint density at radius 1 is 1.26 bits per heavy atom. The first-order valence-corrected chi connectivity index (χ1v) is 10.1. The van der Waals surface area contributed by atoms with Gasteiger partial charge in [-0.1, -0.05) is 12.5 Å². The second kappa shape index (κ2) is 9.45. The van der Waals surface area contributed by atoms with Crippen LogP contribution in [0.15, 0.2) is 30.5 Å². The minimum absolute atomic E-state index is 0.107. The number of nitrogens with one attached hydrogen (secondary N) is 1. The Balaban J connectivity index is 1.61. The molecular formula is C22H24F3N3O3. The lowest BCUT2D eigenvalue weighted by Gasteiger charge is -2.23. The highest BCUT2D eigenvalue weighted by Crippen LogP contribution is 2.28. The lowest BCUT2D eigenvalue weighted by atomic mass is 9.81. The molecule has 166 valence electrons. The maximum absolute atomic E-state index is 12.7. The van der Waals surface area contributed by atoms with Crippen LogP contribution in [-0.4, -0.2) is 34.4 Å². The van der Waals surface area contributed by atoms with Crippen LogP contribution < -0.4 is 10.1 Å². The molecule has 0 saturated heterocycles. The smallest absolute Gasteiger partial charge is 0.422 e. The van der Waals surface area contributed by atoms with Crippen molar-refractivity contribution in [3.05, 3.63) is 53.0 Å². The molecule has 1 fully saturated rings. The second-order valence-corrected chi connectivity index (χ2v) is 7.79. The number of carbonyl (C=O) groups excluding carboxylic acids is 2. The van der Waals surface area contributed by atoms with E-state index in [1.165, 1.54) is 12.3 Å². The van der Waals surface area contributed by atoms with Crippen molar-refractivity contribution in [3.63, 3.8) is 0 Å². The summed E-state index contributed by atoms with van der Waals surface area (Å²) >= 11 is 0. The number of halogens is 3. The summed E-state index contributed by atoms with van der Waals surface area (Å²) < 4.78 is 41.2. The molecule has 2 aromatic heterocycles. The summed E-state index contributed by atoms with van der Waals surface area (Å²) in [6.07, 6.45) is 0.0505. The van der Waals surface area contributed by atoms with Crippen LogP contribution in [0.2, 0.25) is 0 Å². The number of aryl methyl sites for hydroxylation is 1. The number of aromatic nitrogens is 2. The van der Waals surface area contributed by atoms with Gasteiger partial charge in [-0.15, -0.1) is 0 Å². The van der Waals surface area contributed by atoms with Crippen LogP contribution in [0, 0.1) is 12.8 Å². The van der Waals surface area contributed by atoms with Crippen molar-refractivity contribution in [1.82, 2.24) is 15.3 Å². The standard InChI is InChI=1S/C22H24F3N3O3/c1-13-8-17(9-18(27-13)10-19(29)15-4-3-5-15)21(30)28-14(2)16-6-7-20(26-11-16)31-12-22(23,24)25/h6-9,11,14-15H,3-5,10,12H2,1-2H3,(H,28,30). The summed E-state index contributed by atoms with van der Waals surface area (Å²) in [5.41, 5.74) is 2.22. The van der Waals surface area contributed by atoms with Crippen molar-refractivity contribution < 1.29 is 27.5 Å². The van der Waals surface area contributed by atoms with Crippen LogP contribution in [0.1, 0.15) is 59.5 Å². The van der Waals surface area contributed by atoms with Gasteiger partial charge < -0.3 is 10.1 Å². The van der Waals surface area contributed by atoms with Gasteiger partial charge in [-0.25, -0.2) is 4.98 Å². The van der Waals surface area contributed by atoms with Crippen molar-refractivity contribution in [1.29, 1.82) is 0 Å². The summed E-state index contributed by atoms with van der Waals surface area (Å²) in [5.74, 6) is -0.226. The van der Waals surface area contributed by atoms with E-state index in [-0.39, 0.29) is 29.9 Å². The Bertz CT molecular complexity index is 941. The number of hydrogen-bond acceptors (Lipinski definition) is 5. The number of pyridine rings is 2. The van der Waals surface area contributed by atoms with Crippen LogP contribution in [0.4, 0.5) is 13.2 Å². The van der Waals surface area contributed by atoms with E-state index < -0.39 is 18.8 Å². The summed E-state index contributed by atoms with van der Waals surface area (Å²) in [4.78, 5) is 33.2. The van der Waals surface area contributed by atoms with Gasteiger partial charge in [0.15, 0.2) is 6.61 Å². The second-order valence-electron chi connectivity index (χ2n) is 7.79. The van der Waals surface area contributed by atoms with E-state index in [0.29, 0.717) is 22.5 Å². The number of alkyl halides is 3. The quantitative estimate of drug-likeness (QED) is 0.674. The summed E-state index contributed by atoms with van der Waals surface area (Å²) in [6, 6.07) is 5.70. The molecule has 1 unspecified atom stereocenters. The van der Waals surface area contributed by atoms with E-state index in [1.807, 2.05) is 0 Å². The molecule has 2 aromatic rings. The van der Waals surface area contributed by atoms with Gasteiger partial charge in [-0.2, -0.15) is 13.2 Å². The molecule has 0 bridgehead atoms. The molecule has 1 aliphatic carbocycles. The Hall–Kier alpha value is -2.97. The van der Waals surface area contributed by atoms with Crippen molar-refractivity contribution in [2.75, 3.05) is 6.61 Å². The Kier molecular flexibility index (Phi) is 6.92. The zero-order valence-electron chi connectivity index (χ0n) is 17.3. The predicted molar refractivity (Wildman–Crippen MR) is 107 cm³/mol. The molecule has 0 spiro atoms. The van der Waals surface area contributed by atoms with Crippen LogP contribution in [-0.2, 0) is 11.2 Å². The molecule has 0 aromatic carbocycles. The number of rotatable bonds is 8. The van der Waals surface area contributed by atoms with E-state index in [1.54, 1.807) is 32.0 Å². The maximum atomic E-state index is 12.7. The number of ether oxygens (including phenoxy) is 1. The van der Waals surface area contributed by atoms with Gasteiger partial charge in [0.1, 0.15) is 5.78 Å². The zero-order valence-corrected chi connectivity index (χ0v) is 17.3. The lowest BCUT2D eigenvalue weighted by Crippen LogP contribution is -2.27. The molecule has 3 rings (SSSR count). The predicted octanol–water partition coefficient (Wildman–Crippen LogP) is 4.13. The molecule has 6 nitrogen and oxygen atoms in total. The van der Waals surface area contributed by atoms with E-state index in [0.717, 1.165) is 19.3 Å². The minimum Gasteiger partial charge on any atom is -0.468 e. The average molecular weight is 435 g/mol. The van der Waals surface area contributed by atoms with Crippen LogP contribution in [0.5, 0.6) is 5.88 Å². The third-order valence-corrected chi connectivity index (χ3v) is 5.18.